The summed E-state index contributed by atoms with van der Waals surface area (Å²) in [6, 6.07) is 22.1. The zero-order chi connectivity index (χ0) is 23.9. The van der Waals surface area contributed by atoms with E-state index < -0.39 is 11.6 Å². The average molecular weight is 459 g/mol. The molecule has 3 aromatic carbocycles. The van der Waals surface area contributed by atoms with Crippen LogP contribution in [0.15, 0.2) is 78.9 Å². The van der Waals surface area contributed by atoms with Crippen molar-refractivity contribution in [2.75, 3.05) is 0 Å². The van der Waals surface area contributed by atoms with Crippen molar-refractivity contribution in [1.82, 2.24) is 0 Å². The minimum absolute atomic E-state index is 0.178. The van der Waals surface area contributed by atoms with Gasteiger partial charge in [0.1, 0.15) is 11.6 Å². The zero-order valence-corrected chi connectivity index (χ0v) is 20.4. The van der Waals surface area contributed by atoms with Gasteiger partial charge in [0, 0.05) is 5.56 Å². The highest BCUT2D eigenvalue weighted by atomic mass is 19.1. The summed E-state index contributed by atoms with van der Waals surface area (Å²) in [6.07, 6.45) is 11.1. The molecule has 1 saturated carbocycles. The molecule has 0 unspecified atom stereocenters. The number of allylic oxidation sites excluding steroid dienone is 2. The van der Waals surface area contributed by atoms with Crippen molar-refractivity contribution >= 4 is 0 Å². The zero-order valence-electron chi connectivity index (χ0n) is 20.4. The van der Waals surface area contributed by atoms with Gasteiger partial charge in [-0.2, -0.15) is 0 Å². The van der Waals surface area contributed by atoms with Crippen molar-refractivity contribution in [3.05, 3.63) is 107 Å². The Morgan fingerprint density at radius 2 is 1.50 bits per heavy atom. The molecule has 0 amide bonds. The van der Waals surface area contributed by atoms with Gasteiger partial charge in [-0.05, 0) is 104 Å². The fourth-order valence-corrected chi connectivity index (χ4v) is 5.50. The van der Waals surface area contributed by atoms with Crippen molar-refractivity contribution in [3.63, 3.8) is 0 Å². The first-order valence-electron chi connectivity index (χ1n) is 12.8. The van der Waals surface area contributed by atoms with Crippen LogP contribution in [0.25, 0.3) is 11.1 Å². The molecule has 1 aliphatic carbocycles. The van der Waals surface area contributed by atoms with Crippen LogP contribution in [0.1, 0.15) is 80.9 Å². The van der Waals surface area contributed by atoms with Crippen LogP contribution in [0, 0.1) is 17.6 Å². The van der Waals surface area contributed by atoms with E-state index in [-0.39, 0.29) is 5.56 Å². The van der Waals surface area contributed by atoms with Crippen LogP contribution in [0.3, 0.4) is 0 Å². The second kappa shape index (κ2) is 11.6. The van der Waals surface area contributed by atoms with Gasteiger partial charge in [0.25, 0.3) is 0 Å². The third kappa shape index (κ3) is 6.03. The Morgan fingerprint density at radius 1 is 0.853 bits per heavy atom. The second-order valence-corrected chi connectivity index (χ2v) is 9.91. The Labute approximate surface area is 203 Å². The lowest BCUT2D eigenvalue weighted by Crippen LogP contribution is -2.15. The van der Waals surface area contributed by atoms with Gasteiger partial charge in [-0.3, -0.25) is 0 Å². The highest BCUT2D eigenvalue weighted by Gasteiger charge is 2.24. The molecule has 0 nitrogen and oxygen atoms in total. The van der Waals surface area contributed by atoms with Crippen molar-refractivity contribution in [2.45, 2.75) is 70.6 Å². The lowest BCUT2D eigenvalue weighted by atomic mass is 9.75. The van der Waals surface area contributed by atoms with Crippen molar-refractivity contribution in [2.24, 2.45) is 5.92 Å². The highest BCUT2D eigenvalue weighted by Crippen LogP contribution is 2.40. The molecular formula is C32H36F2. The maximum Gasteiger partial charge on any atom is 0.129 e. The molecule has 0 radical (unpaired) electrons. The summed E-state index contributed by atoms with van der Waals surface area (Å²) in [5.74, 6) is 1.08. The quantitative estimate of drug-likeness (QED) is 0.295. The monoisotopic (exact) mass is 458 g/mol. The fourth-order valence-electron chi connectivity index (χ4n) is 5.50. The predicted octanol–water partition coefficient (Wildman–Crippen LogP) is 9.61. The van der Waals surface area contributed by atoms with Crippen molar-refractivity contribution < 1.29 is 8.78 Å². The molecule has 1 aliphatic rings. The molecule has 1 atom stereocenters. The summed E-state index contributed by atoms with van der Waals surface area (Å²) in [7, 11) is 0. The summed E-state index contributed by atoms with van der Waals surface area (Å²) >= 11 is 0. The first-order chi connectivity index (χ1) is 16.5. The van der Waals surface area contributed by atoms with E-state index in [1.807, 2.05) is 31.2 Å². The highest BCUT2D eigenvalue weighted by molar-refractivity contribution is 5.64. The van der Waals surface area contributed by atoms with Gasteiger partial charge < -0.3 is 0 Å². The lowest BCUT2D eigenvalue weighted by Gasteiger charge is -2.30. The third-order valence-electron chi connectivity index (χ3n) is 7.56. The summed E-state index contributed by atoms with van der Waals surface area (Å²) in [5, 5.41) is 0. The first-order valence-corrected chi connectivity index (χ1v) is 12.8. The minimum atomic E-state index is -0.452. The molecule has 34 heavy (non-hydrogen) atoms. The van der Waals surface area contributed by atoms with Crippen LogP contribution in [-0.4, -0.2) is 0 Å². The number of benzene rings is 3. The number of rotatable bonds is 8. The van der Waals surface area contributed by atoms with E-state index >= 15 is 0 Å². The van der Waals surface area contributed by atoms with Gasteiger partial charge >= 0.3 is 0 Å². The predicted molar refractivity (Wildman–Crippen MR) is 139 cm³/mol. The van der Waals surface area contributed by atoms with Crippen molar-refractivity contribution in [3.8, 4) is 11.1 Å². The van der Waals surface area contributed by atoms with E-state index in [2.05, 4.69) is 49.4 Å². The normalized spacial score (nSPS) is 19.4. The summed E-state index contributed by atoms with van der Waals surface area (Å²) < 4.78 is 29.1. The molecule has 0 bridgehead atoms. The van der Waals surface area contributed by atoms with Gasteiger partial charge in [-0.15, -0.1) is 0 Å². The van der Waals surface area contributed by atoms with Crippen LogP contribution in [0.4, 0.5) is 8.78 Å². The van der Waals surface area contributed by atoms with Crippen LogP contribution < -0.4 is 0 Å². The van der Waals surface area contributed by atoms with E-state index in [4.69, 9.17) is 0 Å². The largest absolute Gasteiger partial charge is 0.207 e. The minimum Gasteiger partial charge on any atom is -0.207 e. The molecule has 2 heteroatoms. The third-order valence-corrected chi connectivity index (χ3v) is 7.56. The van der Waals surface area contributed by atoms with E-state index in [0.717, 1.165) is 11.5 Å². The maximum atomic E-state index is 14.6. The molecular weight excluding hydrogens is 422 g/mol. The summed E-state index contributed by atoms with van der Waals surface area (Å²) in [4.78, 5) is 0. The summed E-state index contributed by atoms with van der Waals surface area (Å²) in [5.41, 5.74) is 4.44. The lowest BCUT2D eigenvalue weighted by molar-refractivity contribution is 0.297. The Balaban J connectivity index is 1.35. The molecule has 1 fully saturated rings. The molecule has 4 rings (SSSR count). The number of hydrogen-bond donors (Lipinski definition) is 0. The van der Waals surface area contributed by atoms with Gasteiger partial charge in [0.2, 0.25) is 0 Å². The van der Waals surface area contributed by atoms with Crippen molar-refractivity contribution in [1.29, 1.82) is 0 Å². The molecule has 0 saturated heterocycles. The standard InChI is InChI=1S/C32H36F2/c1-3-4-6-11-30-31(33)21-29(22-32(30)34)28-18-16-27(17-19-28)26-14-12-24(13-15-26)20-23(2)25-9-7-5-8-10-25/h3-5,7-10,16-19,21-24,26H,6,11-15,20H2,1-2H3/b4-3+/t23-,24?,26?/m0/s1. The van der Waals surface area contributed by atoms with Gasteiger partial charge in [-0.1, -0.05) is 73.7 Å². The van der Waals surface area contributed by atoms with Gasteiger partial charge in [0.15, 0.2) is 0 Å². The van der Waals surface area contributed by atoms with Crippen LogP contribution >= 0.6 is 0 Å². The molecule has 0 heterocycles. The van der Waals surface area contributed by atoms with E-state index in [1.165, 1.54) is 55.4 Å². The number of halogens is 2. The number of hydrogen-bond acceptors (Lipinski definition) is 0. The molecule has 178 valence electrons. The van der Waals surface area contributed by atoms with E-state index in [1.54, 1.807) is 0 Å². The molecule has 3 aromatic rings. The first kappa shape index (κ1) is 24.4. The maximum absolute atomic E-state index is 14.6. The molecule has 0 spiro atoms. The average Bonchev–Trinajstić information content (AvgIpc) is 2.87. The van der Waals surface area contributed by atoms with Crippen LogP contribution in [-0.2, 0) is 6.42 Å². The summed E-state index contributed by atoms with van der Waals surface area (Å²) in [6.45, 7) is 4.26. The second-order valence-electron chi connectivity index (χ2n) is 9.91. The molecule has 0 N–H and O–H groups in total. The van der Waals surface area contributed by atoms with Gasteiger partial charge in [0.05, 0.1) is 0 Å². The SMILES string of the molecule is C/C=C/CCc1c(F)cc(-c2ccc(C3CCC(C[C@H](C)c4ccccc4)CC3)cc2)cc1F. The fraction of sp³-hybridized carbons (Fsp3) is 0.375. The van der Waals surface area contributed by atoms with Crippen LogP contribution in [0.2, 0.25) is 0 Å². The van der Waals surface area contributed by atoms with E-state index in [0.29, 0.717) is 30.2 Å². The molecule has 0 aliphatic heterocycles. The Hall–Kier alpha value is -2.74. The smallest absolute Gasteiger partial charge is 0.129 e. The van der Waals surface area contributed by atoms with Crippen LogP contribution in [0.5, 0.6) is 0 Å². The molecule has 0 aromatic heterocycles. The van der Waals surface area contributed by atoms with Gasteiger partial charge in [-0.25, -0.2) is 8.78 Å². The Bertz CT molecular complexity index is 1050. The Kier molecular flexibility index (Phi) is 8.32. The Morgan fingerprint density at radius 3 is 2.12 bits per heavy atom. The topological polar surface area (TPSA) is 0 Å². The van der Waals surface area contributed by atoms with E-state index in [9.17, 15) is 8.78 Å².